The minimum Gasteiger partial charge on any atom is -0.298 e. The Kier molecular flexibility index (Phi) is 7.62. The number of hydrogen-bond acceptors (Lipinski definition) is 5. The van der Waals surface area contributed by atoms with Gasteiger partial charge in [0, 0.05) is 36.8 Å². The summed E-state index contributed by atoms with van der Waals surface area (Å²) in [5, 5.41) is 9.41. The van der Waals surface area contributed by atoms with E-state index in [1.54, 1.807) is 0 Å². The molecule has 0 bridgehead atoms. The molecule has 0 unspecified atom stereocenters. The number of nitrogens with zero attached hydrogens (tertiary/aromatic N) is 3. The molecule has 0 N–H and O–H groups in total. The molecule has 2 heterocycles. The van der Waals surface area contributed by atoms with Crippen LogP contribution in [0.2, 0.25) is 0 Å². The van der Waals surface area contributed by atoms with Crippen molar-refractivity contribution in [2.75, 3.05) is 6.54 Å². The summed E-state index contributed by atoms with van der Waals surface area (Å²) in [6, 6.07) is 10.4. The van der Waals surface area contributed by atoms with E-state index in [2.05, 4.69) is 4.98 Å². The molecule has 1 aromatic heterocycles. The van der Waals surface area contributed by atoms with Crippen molar-refractivity contribution in [1.29, 1.82) is 5.26 Å². The van der Waals surface area contributed by atoms with Gasteiger partial charge in [-0.2, -0.15) is 22.7 Å². The Labute approximate surface area is 215 Å². The number of carbonyl (C=O) groups is 1. The molecule has 0 aliphatic carbocycles. The number of aromatic nitrogens is 1. The number of carbonyl (C=O) groups excluding carboxylic acids is 1. The molecular weight excluding hydrogens is 529 g/mol. The van der Waals surface area contributed by atoms with Gasteiger partial charge in [-0.1, -0.05) is 12.1 Å². The number of sulfonamides is 1. The molecule has 2 atom stereocenters. The first-order valence-corrected chi connectivity index (χ1v) is 12.8. The summed E-state index contributed by atoms with van der Waals surface area (Å²) < 4.78 is 93.0. The predicted octanol–water partition coefficient (Wildman–Crippen LogP) is 5.08. The number of Topliss-reactive ketones (excluding diaryl/α,β-unsaturated/α-hetero) is 1. The van der Waals surface area contributed by atoms with E-state index in [1.165, 1.54) is 24.4 Å². The molecule has 0 saturated carbocycles. The molecule has 12 heteroatoms. The average Bonchev–Trinajstić information content (AvgIpc) is 3.29. The molecule has 1 fully saturated rings. The maximum Gasteiger partial charge on any atom is 0.416 e. The van der Waals surface area contributed by atoms with Crippen molar-refractivity contribution in [3.05, 3.63) is 83.4 Å². The molecule has 1 aliphatic rings. The van der Waals surface area contributed by atoms with Crippen LogP contribution in [0.5, 0.6) is 0 Å². The third kappa shape index (κ3) is 5.74. The number of pyridine rings is 1. The maximum atomic E-state index is 14.3. The zero-order chi connectivity index (χ0) is 27.7. The fourth-order valence-electron chi connectivity index (χ4n) is 4.28. The number of ketones is 1. The van der Waals surface area contributed by atoms with E-state index < -0.39 is 52.1 Å². The van der Waals surface area contributed by atoms with Crippen molar-refractivity contribution in [1.82, 2.24) is 9.29 Å². The summed E-state index contributed by atoms with van der Waals surface area (Å²) in [5.74, 6) is -1.19. The van der Waals surface area contributed by atoms with Gasteiger partial charge in [0.05, 0.1) is 22.1 Å². The Morgan fingerprint density at radius 1 is 1.11 bits per heavy atom. The van der Waals surface area contributed by atoms with E-state index in [0.29, 0.717) is 16.8 Å². The molecule has 198 valence electrons. The summed E-state index contributed by atoms with van der Waals surface area (Å²) >= 11 is 0. The molecule has 1 saturated heterocycles. The van der Waals surface area contributed by atoms with Gasteiger partial charge in [0.2, 0.25) is 10.0 Å². The number of hydrogen-bond donors (Lipinski definition) is 0. The molecule has 0 amide bonds. The van der Waals surface area contributed by atoms with Crippen molar-refractivity contribution in [3.63, 3.8) is 0 Å². The lowest BCUT2D eigenvalue weighted by atomic mass is 9.98. The smallest absolute Gasteiger partial charge is 0.298 e. The fraction of sp³-hybridized carbons (Fsp3) is 0.269. The van der Waals surface area contributed by atoms with Gasteiger partial charge in [-0.15, -0.1) is 0 Å². The van der Waals surface area contributed by atoms with Gasteiger partial charge in [-0.05, 0) is 54.4 Å². The first-order chi connectivity index (χ1) is 17.9. The fourth-order valence-corrected chi connectivity index (χ4v) is 5.92. The number of rotatable bonds is 7. The van der Waals surface area contributed by atoms with Crippen LogP contribution in [-0.4, -0.2) is 42.2 Å². The van der Waals surface area contributed by atoms with Crippen LogP contribution < -0.4 is 0 Å². The summed E-state index contributed by atoms with van der Waals surface area (Å²) in [5.41, 5.74) is 0.283. The average molecular weight is 550 g/mol. The minimum atomic E-state index is -4.52. The monoisotopic (exact) mass is 549 g/mol. The van der Waals surface area contributed by atoms with Crippen LogP contribution in [0.4, 0.5) is 22.0 Å². The van der Waals surface area contributed by atoms with Gasteiger partial charge in [0.25, 0.3) is 0 Å². The highest BCUT2D eigenvalue weighted by molar-refractivity contribution is 7.89. The third-order valence-corrected chi connectivity index (χ3v) is 8.12. The van der Waals surface area contributed by atoms with Gasteiger partial charge >= 0.3 is 6.18 Å². The van der Waals surface area contributed by atoms with E-state index in [4.69, 9.17) is 0 Å². The first-order valence-electron chi connectivity index (χ1n) is 11.4. The van der Waals surface area contributed by atoms with E-state index >= 15 is 0 Å². The van der Waals surface area contributed by atoms with Gasteiger partial charge < -0.3 is 0 Å². The molecule has 38 heavy (non-hydrogen) atoms. The Bertz CT molecular complexity index is 1480. The molecule has 6 nitrogen and oxygen atoms in total. The maximum absolute atomic E-state index is 14.3. The Hall–Kier alpha value is -3.69. The summed E-state index contributed by atoms with van der Waals surface area (Å²) in [6.45, 7) is -0.511. The van der Waals surface area contributed by atoms with E-state index in [0.717, 1.165) is 40.7 Å². The predicted molar refractivity (Wildman–Crippen MR) is 126 cm³/mol. The van der Waals surface area contributed by atoms with Crippen LogP contribution in [0, 0.1) is 17.1 Å². The van der Waals surface area contributed by atoms with Crippen molar-refractivity contribution >= 4 is 15.8 Å². The lowest BCUT2D eigenvalue weighted by Crippen LogP contribution is -2.40. The summed E-state index contributed by atoms with van der Waals surface area (Å²) in [7, 11) is -4.26. The minimum absolute atomic E-state index is 0.0239. The number of aryl methyl sites for hydroxylation is 1. The quantitative estimate of drug-likeness (QED) is 0.384. The van der Waals surface area contributed by atoms with Crippen LogP contribution >= 0.6 is 0 Å². The van der Waals surface area contributed by atoms with Crippen molar-refractivity contribution in [3.8, 4) is 17.2 Å². The standard InChI is InChI=1S/C26H20F5N3O3S/c27-19-5-8-22(9-6-19)38(36,37)34-15-20(28)11-24(34)25(35)10-7-21-12-23(17(13-32)14-33-21)16-1-3-18(4-2-16)26(29,30)31/h1-6,8-9,12,14,20,24H,7,10-11,15H2/t20-,24+/m1/s1. The molecule has 0 radical (unpaired) electrons. The van der Waals surface area contributed by atoms with Crippen LogP contribution in [0.3, 0.4) is 0 Å². The third-order valence-electron chi connectivity index (χ3n) is 6.23. The lowest BCUT2D eigenvalue weighted by Gasteiger charge is -2.22. The van der Waals surface area contributed by atoms with Crippen molar-refractivity contribution < 1.29 is 35.2 Å². The second-order valence-corrected chi connectivity index (χ2v) is 10.6. The van der Waals surface area contributed by atoms with E-state index in [1.807, 2.05) is 6.07 Å². The largest absolute Gasteiger partial charge is 0.416 e. The Morgan fingerprint density at radius 2 is 1.76 bits per heavy atom. The number of alkyl halides is 4. The highest BCUT2D eigenvalue weighted by Crippen LogP contribution is 2.33. The van der Waals surface area contributed by atoms with Crippen LogP contribution in [0.1, 0.15) is 29.7 Å². The number of halogens is 5. The molecular formula is C26H20F5N3O3S. The number of nitriles is 1. The molecule has 0 spiro atoms. The lowest BCUT2D eigenvalue weighted by molar-refractivity contribution is -0.137. The normalized spacial score (nSPS) is 18.3. The first kappa shape index (κ1) is 27.3. The highest BCUT2D eigenvalue weighted by atomic mass is 32.2. The van der Waals surface area contributed by atoms with Crippen LogP contribution in [-0.2, 0) is 27.4 Å². The van der Waals surface area contributed by atoms with Crippen molar-refractivity contribution in [2.24, 2.45) is 0 Å². The topological polar surface area (TPSA) is 91.1 Å². The molecule has 1 aliphatic heterocycles. The SMILES string of the molecule is N#Cc1cnc(CCC(=O)[C@@H]2C[C@@H](F)CN2S(=O)(=O)c2ccc(F)cc2)cc1-c1ccc(C(F)(F)F)cc1. The Morgan fingerprint density at radius 3 is 2.37 bits per heavy atom. The Balaban J connectivity index is 1.52. The molecule has 4 rings (SSSR count). The second-order valence-electron chi connectivity index (χ2n) is 8.75. The van der Waals surface area contributed by atoms with Gasteiger partial charge in [-0.25, -0.2) is 17.2 Å². The zero-order valence-corrected chi connectivity index (χ0v) is 20.4. The molecule has 3 aromatic rings. The highest BCUT2D eigenvalue weighted by Gasteiger charge is 2.43. The zero-order valence-electron chi connectivity index (χ0n) is 19.6. The van der Waals surface area contributed by atoms with Gasteiger partial charge in [0.15, 0.2) is 5.78 Å². The van der Waals surface area contributed by atoms with E-state index in [-0.39, 0.29) is 29.7 Å². The number of benzene rings is 2. The van der Waals surface area contributed by atoms with E-state index in [9.17, 15) is 40.4 Å². The molecule has 2 aromatic carbocycles. The van der Waals surface area contributed by atoms with Gasteiger partial charge in [-0.3, -0.25) is 9.78 Å². The second kappa shape index (κ2) is 10.6. The van der Waals surface area contributed by atoms with Crippen LogP contribution in [0.25, 0.3) is 11.1 Å². The van der Waals surface area contributed by atoms with Crippen molar-refractivity contribution in [2.45, 2.75) is 42.5 Å². The van der Waals surface area contributed by atoms with Crippen LogP contribution in [0.15, 0.2) is 65.7 Å². The summed E-state index contributed by atoms with van der Waals surface area (Å²) in [6.07, 6.45) is -5.33. The van der Waals surface area contributed by atoms with Gasteiger partial charge in [0.1, 0.15) is 18.1 Å². The summed E-state index contributed by atoms with van der Waals surface area (Å²) in [4.78, 5) is 16.9.